The maximum atomic E-state index is 5.06. The first kappa shape index (κ1) is 7.23. The molecule has 0 saturated carbocycles. The van der Waals surface area contributed by atoms with Crippen LogP contribution in [-0.4, -0.2) is 24.4 Å². The molecule has 0 rings (SSSR count). The fourth-order valence-corrected chi connectivity index (χ4v) is 0.326. The Morgan fingerprint density at radius 1 is 1.88 bits per heavy atom. The number of rotatable bonds is 2. The van der Waals surface area contributed by atoms with Gasteiger partial charge in [0.25, 0.3) is 0 Å². The molecule has 0 radical (unpaired) electrons. The van der Waals surface area contributed by atoms with Crippen molar-refractivity contribution in [1.29, 1.82) is 0 Å². The third-order valence-corrected chi connectivity index (χ3v) is 1.17. The lowest BCUT2D eigenvalue weighted by Crippen LogP contribution is -2.16. The smallest absolute Gasteiger partial charge is 0.159 e. The highest BCUT2D eigenvalue weighted by atomic mass is 15.0. The summed E-state index contributed by atoms with van der Waals surface area (Å²) in [5.41, 5.74) is 0. The summed E-state index contributed by atoms with van der Waals surface area (Å²) in [6.45, 7) is 5.74. The molecule has 0 amide bonds. The van der Waals surface area contributed by atoms with Crippen molar-refractivity contribution < 1.29 is 4.58 Å². The summed E-state index contributed by atoms with van der Waals surface area (Å²) in [7, 11) is 1.92. The first-order valence-corrected chi connectivity index (χ1v) is 2.65. The Bertz CT molecular complexity index is 119. The van der Waals surface area contributed by atoms with Crippen LogP contribution in [0.3, 0.4) is 0 Å². The van der Waals surface area contributed by atoms with Crippen LogP contribution >= 0.6 is 0 Å². The number of nitrogens with zero attached hydrogens (tertiary/aromatic N) is 1. The molecule has 1 unspecified atom stereocenters. The van der Waals surface area contributed by atoms with E-state index < -0.39 is 0 Å². The normalized spacial score (nSPS) is 12.1. The summed E-state index contributed by atoms with van der Waals surface area (Å²) in [6, 6.07) is 0.403. The van der Waals surface area contributed by atoms with Gasteiger partial charge in [0.1, 0.15) is 13.8 Å². The highest BCUT2D eigenvalue weighted by Gasteiger charge is 2.03. The van der Waals surface area contributed by atoms with Gasteiger partial charge < -0.3 is 0 Å². The second-order valence-electron chi connectivity index (χ2n) is 2.01. The minimum absolute atomic E-state index is 0.403. The van der Waals surface area contributed by atoms with Crippen molar-refractivity contribution in [3.05, 3.63) is 0 Å². The van der Waals surface area contributed by atoms with Crippen molar-refractivity contribution in [3.63, 3.8) is 0 Å². The van der Waals surface area contributed by atoms with Crippen LogP contribution in [0.15, 0.2) is 0 Å². The van der Waals surface area contributed by atoms with E-state index in [2.05, 4.69) is 12.6 Å². The van der Waals surface area contributed by atoms with Gasteiger partial charge in [0.05, 0.1) is 6.42 Å². The van der Waals surface area contributed by atoms with Crippen molar-refractivity contribution in [3.8, 4) is 12.3 Å². The molecule has 1 nitrogen and oxygen atoms in total. The van der Waals surface area contributed by atoms with Gasteiger partial charge in [-0.3, -0.25) is 0 Å². The second-order valence-corrected chi connectivity index (χ2v) is 2.01. The molecule has 0 aromatic rings. The maximum Gasteiger partial charge on any atom is 0.159 e. The van der Waals surface area contributed by atoms with Gasteiger partial charge in [-0.1, -0.05) is 5.92 Å². The molecule has 1 heteroatoms. The average molecular weight is 110 g/mol. The van der Waals surface area contributed by atoms with E-state index in [4.69, 9.17) is 6.42 Å². The van der Waals surface area contributed by atoms with Crippen LogP contribution in [0.1, 0.15) is 13.3 Å². The molecule has 0 aliphatic heterocycles. The van der Waals surface area contributed by atoms with Crippen LogP contribution in [0.4, 0.5) is 0 Å². The minimum Gasteiger partial charge on any atom is -0.242 e. The van der Waals surface area contributed by atoms with Gasteiger partial charge >= 0.3 is 0 Å². The molecule has 44 valence electrons. The molecule has 1 atom stereocenters. The standard InChI is InChI=1S/C7H12N/c1-5-6-7(2)8(3)4/h1,7H,3,6H2,2,4H3/q+1. The largest absolute Gasteiger partial charge is 0.242 e. The van der Waals surface area contributed by atoms with Crippen LogP contribution in [0.25, 0.3) is 0 Å². The van der Waals surface area contributed by atoms with Crippen LogP contribution in [0.2, 0.25) is 0 Å². The Morgan fingerprint density at radius 3 is 2.50 bits per heavy atom. The van der Waals surface area contributed by atoms with Crippen molar-refractivity contribution in [2.24, 2.45) is 0 Å². The monoisotopic (exact) mass is 110 g/mol. The molecule has 0 heterocycles. The van der Waals surface area contributed by atoms with Crippen molar-refractivity contribution in [2.45, 2.75) is 19.4 Å². The summed E-state index contributed by atoms with van der Waals surface area (Å²) in [4.78, 5) is 0. The van der Waals surface area contributed by atoms with Gasteiger partial charge in [-0.15, -0.1) is 6.42 Å². The van der Waals surface area contributed by atoms with Gasteiger partial charge in [0.15, 0.2) is 6.04 Å². The molecule has 0 aliphatic carbocycles. The molecular formula is C7H12N+. The number of terminal acetylenes is 1. The lowest BCUT2D eigenvalue weighted by molar-refractivity contribution is -0.524. The molecule has 0 aromatic heterocycles. The van der Waals surface area contributed by atoms with Gasteiger partial charge in [-0.25, -0.2) is 4.58 Å². The van der Waals surface area contributed by atoms with Crippen molar-refractivity contribution >= 4 is 6.72 Å². The molecule has 8 heavy (non-hydrogen) atoms. The number of hydrogen-bond donors (Lipinski definition) is 0. The van der Waals surface area contributed by atoms with Gasteiger partial charge in [-0.2, -0.15) is 0 Å². The summed E-state index contributed by atoms with van der Waals surface area (Å²) in [5.74, 6) is 2.57. The quantitative estimate of drug-likeness (QED) is 0.280. The molecular weight excluding hydrogens is 98.1 g/mol. The Labute approximate surface area is 51.0 Å². The van der Waals surface area contributed by atoms with Crippen molar-refractivity contribution in [1.82, 2.24) is 0 Å². The van der Waals surface area contributed by atoms with E-state index in [0.29, 0.717) is 6.04 Å². The van der Waals surface area contributed by atoms with E-state index in [9.17, 15) is 0 Å². The highest BCUT2D eigenvalue weighted by Crippen LogP contribution is 1.89. The second kappa shape index (κ2) is 3.26. The molecule has 0 aliphatic rings. The third kappa shape index (κ3) is 2.41. The predicted molar refractivity (Wildman–Crippen MR) is 36.2 cm³/mol. The summed E-state index contributed by atoms with van der Waals surface area (Å²) in [6.07, 6.45) is 5.84. The molecule has 0 fully saturated rings. The van der Waals surface area contributed by atoms with Gasteiger partial charge in [0, 0.05) is 0 Å². The molecule has 0 bridgehead atoms. The van der Waals surface area contributed by atoms with Crippen LogP contribution in [-0.2, 0) is 0 Å². The zero-order chi connectivity index (χ0) is 6.57. The Kier molecular flexibility index (Phi) is 2.95. The first-order chi connectivity index (χ1) is 3.68. The van der Waals surface area contributed by atoms with Crippen LogP contribution < -0.4 is 0 Å². The fraction of sp³-hybridized carbons (Fsp3) is 0.571. The van der Waals surface area contributed by atoms with Gasteiger partial charge in [-0.05, 0) is 6.92 Å². The molecule has 0 N–H and O–H groups in total. The van der Waals surface area contributed by atoms with Crippen LogP contribution in [0.5, 0.6) is 0 Å². The average Bonchev–Trinajstić information content (AvgIpc) is 1.67. The fourth-order valence-electron chi connectivity index (χ4n) is 0.326. The van der Waals surface area contributed by atoms with Crippen molar-refractivity contribution in [2.75, 3.05) is 7.05 Å². The van der Waals surface area contributed by atoms with Gasteiger partial charge in [0.2, 0.25) is 0 Å². The van der Waals surface area contributed by atoms with Crippen LogP contribution in [0, 0.1) is 12.3 Å². The summed E-state index contributed by atoms with van der Waals surface area (Å²) >= 11 is 0. The van der Waals surface area contributed by atoms with E-state index in [1.54, 1.807) is 0 Å². The zero-order valence-electron chi connectivity index (χ0n) is 5.52. The molecule has 0 aromatic carbocycles. The Hall–Kier alpha value is -0.770. The van der Waals surface area contributed by atoms with E-state index in [1.807, 2.05) is 18.5 Å². The lowest BCUT2D eigenvalue weighted by atomic mass is 10.2. The summed E-state index contributed by atoms with van der Waals surface area (Å²) in [5, 5.41) is 0. The van der Waals surface area contributed by atoms with E-state index in [0.717, 1.165) is 6.42 Å². The van der Waals surface area contributed by atoms with E-state index in [1.165, 1.54) is 0 Å². The molecule has 0 spiro atoms. The Balaban J connectivity index is 3.52. The lowest BCUT2D eigenvalue weighted by Gasteiger charge is -1.99. The third-order valence-electron chi connectivity index (χ3n) is 1.17. The maximum absolute atomic E-state index is 5.06. The summed E-state index contributed by atoms with van der Waals surface area (Å²) < 4.78 is 1.86. The minimum atomic E-state index is 0.403. The molecule has 0 saturated heterocycles. The predicted octanol–water partition coefficient (Wildman–Crippen LogP) is 0.741. The topological polar surface area (TPSA) is 3.01 Å². The zero-order valence-corrected chi connectivity index (χ0v) is 5.52. The van der Waals surface area contributed by atoms with E-state index >= 15 is 0 Å². The first-order valence-electron chi connectivity index (χ1n) is 2.65. The Morgan fingerprint density at radius 2 is 2.38 bits per heavy atom. The highest BCUT2D eigenvalue weighted by molar-refractivity contribution is 5.14. The SMILES string of the molecule is C#CCC(C)[N+](=C)C. The van der Waals surface area contributed by atoms with E-state index in [-0.39, 0.29) is 0 Å². The number of hydrogen-bond acceptors (Lipinski definition) is 0.